The lowest BCUT2D eigenvalue weighted by atomic mass is 10.2. The molecule has 1 unspecified atom stereocenters. The molecule has 0 bridgehead atoms. The summed E-state index contributed by atoms with van der Waals surface area (Å²) >= 11 is 0. The number of carboxylic acid groups (broad SMARTS) is 1. The summed E-state index contributed by atoms with van der Waals surface area (Å²) in [5.41, 5.74) is -0.240. The van der Waals surface area contributed by atoms with Crippen LogP contribution in [-0.2, 0) is 4.79 Å². The van der Waals surface area contributed by atoms with E-state index in [1.165, 1.54) is 13.1 Å². The summed E-state index contributed by atoms with van der Waals surface area (Å²) in [7, 11) is 0. The molecule has 29 heavy (non-hydrogen) atoms. The molecule has 0 aliphatic carbocycles. The second-order valence-corrected chi connectivity index (χ2v) is 6.07. The lowest BCUT2D eigenvalue weighted by Crippen LogP contribution is -2.32. The summed E-state index contributed by atoms with van der Waals surface area (Å²) in [6, 6.07) is 11.4. The number of nitrogens with one attached hydrogen (secondary N) is 1. The third-order valence-electron chi connectivity index (χ3n) is 4.03. The van der Waals surface area contributed by atoms with E-state index in [-0.39, 0.29) is 5.75 Å². The summed E-state index contributed by atoms with van der Waals surface area (Å²) in [5.74, 6) is -0.517. The highest BCUT2D eigenvalue weighted by atomic mass is 16.5. The van der Waals surface area contributed by atoms with Crippen molar-refractivity contribution in [3.63, 3.8) is 0 Å². The molecule has 3 rings (SSSR count). The third kappa shape index (κ3) is 4.34. The van der Waals surface area contributed by atoms with Crippen molar-refractivity contribution < 1.29 is 19.4 Å². The highest BCUT2D eigenvalue weighted by molar-refractivity contribution is 5.81. The maximum absolute atomic E-state index is 12.5. The fourth-order valence-electron chi connectivity index (χ4n) is 2.59. The van der Waals surface area contributed by atoms with Gasteiger partial charge in [-0.1, -0.05) is 12.1 Å². The van der Waals surface area contributed by atoms with Gasteiger partial charge in [0.1, 0.15) is 0 Å². The molecule has 0 aliphatic rings. The number of nitrogens with zero attached hydrogens (tertiary/aromatic N) is 2. The molecule has 0 amide bonds. The predicted molar refractivity (Wildman–Crippen MR) is 107 cm³/mol. The molecule has 0 radical (unpaired) electrons. The minimum atomic E-state index is -1.10. The number of rotatable bonds is 7. The van der Waals surface area contributed by atoms with Crippen LogP contribution in [-0.4, -0.2) is 39.7 Å². The van der Waals surface area contributed by atoms with E-state index in [0.29, 0.717) is 28.8 Å². The number of aromatic nitrogens is 2. The summed E-state index contributed by atoms with van der Waals surface area (Å²) < 4.78 is 11.6. The first kappa shape index (κ1) is 19.9. The van der Waals surface area contributed by atoms with Gasteiger partial charge >= 0.3 is 11.7 Å². The number of para-hydroxylation sites is 1. The fraction of sp³-hybridized carbons (Fsp3) is 0.200. The van der Waals surface area contributed by atoms with Crippen LogP contribution in [0.4, 0.5) is 0 Å². The molecule has 0 saturated carbocycles. The summed E-state index contributed by atoms with van der Waals surface area (Å²) in [6.45, 7) is 3.52. The number of fused-ring (bicyclic) bond motifs is 1. The Labute approximate surface area is 164 Å². The molecule has 0 spiro atoms. The quantitative estimate of drug-likeness (QED) is 0.586. The molecule has 0 fully saturated rings. The number of aliphatic carboxylic acids is 1. The van der Waals surface area contributed by atoms with E-state index in [9.17, 15) is 14.4 Å². The van der Waals surface area contributed by atoms with E-state index >= 15 is 0 Å². The summed E-state index contributed by atoms with van der Waals surface area (Å²) in [5, 5.41) is 13.3. The number of aromatic amines is 1. The van der Waals surface area contributed by atoms with E-state index in [0.717, 1.165) is 4.68 Å². The zero-order valence-corrected chi connectivity index (χ0v) is 15.8. The van der Waals surface area contributed by atoms with E-state index in [1.807, 2.05) is 0 Å². The van der Waals surface area contributed by atoms with Crippen LogP contribution in [0.1, 0.15) is 19.4 Å². The van der Waals surface area contributed by atoms with Gasteiger partial charge in [-0.05, 0) is 49.7 Å². The second kappa shape index (κ2) is 8.42. The highest BCUT2D eigenvalue weighted by Gasteiger charge is 2.16. The van der Waals surface area contributed by atoms with Crippen LogP contribution in [0.3, 0.4) is 0 Å². The van der Waals surface area contributed by atoms with Crippen LogP contribution in [0.25, 0.3) is 10.9 Å². The van der Waals surface area contributed by atoms with Crippen LogP contribution in [0.15, 0.2) is 57.2 Å². The molecule has 1 aromatic heterocycles. The Bertz CT molecular complexity index is 1190. The van der Waals surface area contributed by atoms with Crippen molar-refractivity contribution in [3.05, 3.63) is 68.9 Å². The average molecular weight is 397 g/mol. The number of benzene rings is 2. The molecule has 0 saturated heterocycles. The van der Waals surface area contributed by atoms with Gasteiger partial charge in [-0.25, -0.2) is 9.59 Å². The normalized spacial score (nSPS) is 12.2. The SMILES string of the molecule is CCOc1cc(C=Nn2c(=O)[nH]c3ccccc3c2=O)ccc1OC(C)C(=O)O. The number of H-pyrrole nitrogens is 1. The Hall–Kier alpha value is -3.88. The Morgan fingerprint density at radius 1 is 1.24 bits per heavy atom. The van der Waals surface area contributed by atoms with E-state index in [1.54, 1.807) is 49.4 Å². The molecular weight excluding hydrogens is 378 g/mol. The van der Waals surface area contributed by atoms with Gasteiger partial charge in [-0.2, -0.15) is 5.10 Å². The van der Waals surface area contributed by atoms with Crippen LogP contribution in [0, 0.1) is 0 Å². The Morgan fingerprint density at radius 3 is 2.72 bits per heavy atom. The molecule has 2 aromatic carbocycles. The van der Waals surface area contributed by atoms with Gasteiger partial charge in [-0.15, -0.1) is 4.68 Å². The number of carboxylic acids is 1. The number of hydrogen-bond acceptors (Lipinski definition) is 6. The summed E-state index contributed by atoms with van der Waals surface area (Å²) in [4.78, 5) is 38.3. The molecule has 3 aromatic rings. The van der Waals surface area contributed by atoms with Crippen LogP contribution in [0.5, 0.6) is 11.5 Å². The predicted octanol–water partition coefficient (Wildman–Crippen LogP) is 1.82. The minimum Gasteiger partial charge on any atom is -0.490 e. The van der Waals surface area contributed by atoms with Gasteiger partial charge in [0.15, 0.2) is 17.6 Å². The first-order chi connectivity index (χ1) is 13.9. The lowest BCUT2D eigenvalue weighted by Gasteiger charge is -2.15. The van der Waals surface area contributed by atoms with Crippen molar-refractivity contribution >= 4 is 23.1 Å². The highest BCUT2D eigenvalue weighted by Crippen LogP contribution is 2.29. The molecule has 9 nitrogen and oxygen atoms in total. The number of hydrogen-bond donors (Lipinski definition) is 2. The van der Waals surface area contributed by atoms with Gasteiger partial charge < -0.3 is 19.6 Å². The number of carbonyl (C=O) groups is 1. The minimum absolute atomic E-state index is 0.264. The van der Waals surface area contributed by atoms with Crippen LogP contribution in [0.2, 0.25) is 0 Å². The molecule has 9 heteroatoms. The molecular formula is C20H19N3O6. The standard InChI is InChI=1S/C20H19N3O6/c1-3-28-17-10-13(8-9-16(17)29-12(2)19(25)26)11-21-23-18(24)14-6-4-5-7-15(14)22-20(23)27/h4-12H,3H2,1-2H3,(H,22,27)(H,25,26). The van der Waals surface area contributed by atoms with Crippen molar-refractivity contribution in [2.24, 2.45) is 5.10 Å². The Morgan fingerprint density at radius 2 is 2.00 bits per heavy atom. The third-order valence-corrected chi connectivity index (χ3v) is 4.03. The monoisotopic (exact) mass is 397 g/mol. The fourth-order valence-corrected chi connectivity index (χ4v) is 2.59. The molecule has 1 atom stereocenters. The first-order valence-corrected chi connectivity index (χ1v) is 8.85. The Balaban J connectivity index is 1.96. The summed E-state index contributed by atoms with van der Waals surface area (Å²) in [6.07, 6.45) is 0.279. The second-order valence-electron chi connectivity index (χ2n) is 6.07. The van der Waals surface area contributed by atoms with Gasteiger partial charge in [0.25, 0.3) is 5.56 Å². The van der Waals surface area contributed by atoms with Crippen LogP contribution < -0.4 is 20.7 Å². The van der Waals surface area contributed by atoms with E-state index in [4.69, 9.17) is 14.6 Å². The molecule has 1 heterocycles. The van der Waals surface area contributed by atoms with Crippen molar-refractivity contribution in [1.29, 1.82) is 0 Å². The van der Waals surface area contributed by atoms with Gasteiger partial charge in [0, 0.05) is 0 Å². The van der Waals surface area contributed by atoms with Gasteiger partial charge in [-0.3, -0.25) is 4.79 Å². The zero-order valence-electron chi connectivity index (χ0n) is 15.8. The first-order valence-electron chi connectivity index (χ1n) is 8.85. The van der Waals surface area contributed by atoms with E-state index < -0.39 is 23.3 Å². The number of ether oxygens (including phenoxy) is 2. The maximum atomic E-state index is 12.5. The molecule has 2 N–H and O–H groups in total. The van der Waals surface area contributed by atoms with E-state index in [2.05, 4.69) is 10.1 Å². The van der Waals surface area contributed by atoms with Crippen molar-refractivity contribution in [2.75, 3.05) is 6.61 Å². The van der Waals surface area contributed by atoms with Crippen molar-refractivity contribution in [1.82, 2.24) is 9.66 Å². The average Bonchev–Trinajstić information content (AvgIpc) is 2.69. The topological polar surface area (TPSA) is 123 Å². The maximum Gasteiger partial charge on any atom is 0.349 e. The van der Waals surface area contributed by atoms with Gasteiger partial charge in [0.05, 0.1) is 23.7 Å². The zero-order chi connectivity index (χ0) is 21.0. The Kier molecular flexibility index (Phi) is 5.77. The lowest BCUT2D eigenvalue weighted by molar-refractivity contribution is -0.144. The van der Waals surface area contributed by atoms with Crippen LogP contribution >= 0.6 is 0 Å². The van der Waals surface area contributed by atoms with Gasteiger partial charge in [0.2, 0.25) is 0 Å². The molecule has 150 valence electrons. The van der Waals surface area contributed by atoms with Crippen molar-refractivity contribution in [2.45, 2.75) is 20.0 Å². The smallest absolute Gasteiger partial charge is 0.349 e. The molecule has 0 aliphatic heterocycles. The van der Waals surface area contributed by atoms with Crippen molar-refractivity contribution in [3.8, 4) is 11.5 Å². The largest absolute Gasteiger partial charge is 0.490 e.